The highest BCUT2D eigenvalue weighted by atomic mass is 16.4. The summed E-state index contributed by atoms with van der Waals surface area (Å²) >= 11 is 0. The van der Waals surface area contributed by atoms with Gasteiger partial charge in [0, 0.05) is 11.4 Å². The van der Waals surface area contributed by atoms with Gasteiger partial charge in [-0.05, 0) is 71.2 Å². The number of urea groups is 1. The standard InChI is InChI=1S/C22H26N2O3/c1-21(2)11-12-22(3,4)18-13-16(9-10-17(18)21)24-20(27)23-15-7-5-14(6-8-15)19(25)26/h5-10,13H,11-12H2,1-4H3,(H,25,26)(H2,23,24,27). The molecule has 2 aromatic rings. The smallest absolute Gasteiger partial charge is 0.335 e. The van der Waals surface area contributed by atoms with Crippen LogP contribution in [0, 0.1) is 0 Å². The van der Waals surface area contributed by atoms with Gasteiger partial charge in [0.2, 0.25) is 0 Å². The zero-order chi connectivity index (χ0) is 19.8. The van der Waals surface area contributed by atoms with Crippen LogP contribution in [0.5, 0.6) is 0 Å². The lowest BCUT2D eigenvalue weighted by Gasteiger charge is -2.42. The number of benzene rings is 2. The van der Waals surface area contributed by atoms with Gasteiger partial charge in [0.15, 0.2) is 0 Å². The average molecular weight is 366 g/mol. The number of carboxylic acid groups (broad SMARTS) is 1. The topological polar surface area (TPSA) is 78.4 Å². The molecule has 2 aromatic carbocycles. The fourth-order valence-electron chi connectivity index (χ4n) is 3.66. The third-order valence-electron chi connectivity index (χ3n) is 5.50. The van der Waals surface area contributed by atoms with Crippen molar-refractivity contribution in [2.45, 2.75) is 51.4 Å². The normalized spacial score (nSPS) is 16.9. The molecule has 5 heteroatoms. The maximum Gasteiger partial charge on any atom is 0.335 e. The van der Waals surface area contributed by atoms with Crippen LogP contribution in [0.15, 0.2) is 42.5 Å². The number of nitrogens with one attached hydrogen (secondary N) is 2. The Bertz CT molecular complexity index is 883. The summed E-state index contributed by atoms with van der Waals surface area (Å²) in [6.07, 6.45) is 2.26. The highest BCUT2D eigenvalue weighted by Gasteiger charge is 2.36. The van der Waals surface area contributed by atoms with E-state index in [2.05, 4.69) is 50.5 Å². The molecule has 3 N–H and O–H groups in total. The van der Waals surface area contributed by atoms with Gasteiger partial charge in [-0.2, -0.15) is 0 Å². The van der Waals surface area contributed by atoms with E-state index in [9.17, 15) is 9.59 Å². The second-order valence-electron chi connectivity index (χ2n) is 8.49. The van der Waals surface area contributed by atoms with Gasteiger partial charge in [-0.1, -0.05) is 33.8 Å². The Morgan fingerprint density at radius 3 is 1.93 bits per heavy atom. The fourth-order valence-corrected chi connectivity index (χ4v) is 3.66. The zero-order valence-electron chi connectivity index (χ0n) is 16.2. The largest absolute Gasteiger partial charge is 0.478 e. The molecule has 1 aliphatic carbocycles. The third kappa shape index (κ3) is 3.97. The number of fused-ring (bicyclic) bond motifs is 1. The van der Waals surface area contributed by atoms with E-state index in [4.69, 9.17) is 5.11 Å². The minimum Gasteiger partial charge on any atom is -0.478 e. The second-order valence-corrected chi connectivity index (χ2v) is 8.49. The predicted octanol–water partition coefficient (Wildman–Crippen LogP) is 5.38. The molecular formula is C22H26N2O3. The van der Waals surface area contributed by atoms with Crippen LogP contribution < -0.4 is 10.6 Å². The maximum atomic E-state index is 12.3. The van der Waals surface area contributed by atoms with E-state index in [1.54, 1.807) is 12.1 Å². The van der Waals surface area contributed by atoms with Crippen molar-refractivity contribution in [3.63, 3.8) is 0 Å². The number of carboxylic acids is 1. The number of rotatable bonds is 3. The highest BCUT2D eigenvalue weighted by molar-refractivity contribution is 6.00. The van der Waals surface area contributed by atoms with Gasteiger partial charge in [-0.15, -0.1) is 0 Å². The maximum absolute atomic E-state index is 12.3. The summed E-state index contributed by atoms with van der Waals surface area (Å²) in [4.78, 5) is 23.2. The first kappa shape index (κ1) is 19.0. The summed E-state index contributed by atoms with van der Waals surface area (Å²) < 4.78 is 0. The first-order valence-corrected chi connectivity index (χ1v) is 9.15. The molecule has 0 atom stereocenters. The van der Waals surface area contributed by atoms with Crippen molar-refractivity contribution in [1.29, 1.82) is 0 Å². The number of aromatic carboxylic acids is 1. The van der Waals surface area contributed by atoms with Gasteiger partial charge < -0.3 is 15.7 Å². The van der Waals surface area contributed by atoms with E-state index in [0.717, 1.165) is 18.5 Å². The van der Waals surface area contributed by atoms with Crippen LogP contribution in [-0.4, -0.2) is 17.1 Å². The molecule has 1 aliphatic rings. The van der Waals surface area contributed by atoms with Crippen molar-refractivity contribution in [2.24, 2.45) is 0 Å². The molecule has 0 fully saturated rings. The lowest BCUT2D eigenvalue weighted by atomic mass is 9.63. The molecule has 0 aromatic heterocycles. The Hall–Kier alpha value is -2.82. The van der Waals surface area contributed by atoms with Crippen LogP contribution in [0.1, 0.15) is 62.0 Å². The molecule has 3 rings (SSSR count). The van der Waals surface area contributed by atoms with Crippen molar-refractivity contribution in [1.82, 2.24) is 0 Å². The number of anilines is 2. The van der Waals surface area contributed by atoms with Gasteiger partial charge in [0.1, 0.15) is 0 Å². The van der Waals surface area contributed by atoms with Crippen LogP contribution in [0.25, 0.3) is 0 Å². The fraction of sp³-hybridized carbons (Fsp3) is 0.364. The molecule has 5 nitrogen and oxygen atoms in total. The second kappa shape index (κ2) is 6.72. The van der Waals surface area contributed by atoms with E-state index in [1.165, 1.54) is 23.3 Å². The first-order chi connectivity index (χ1) is 12.6. The number of hydrogen-bond acceptors (Lipinski definition) is 2. The van der Waals surface area contributed by atoms with Gasteiger partial charge in [-0.25, -0.2) is 9.59 Å². The quantitative estimate of drug-likeness (QED) is 0.682. The summed E-state index contributed by atoms with van der Waals surface area (Å²) in [5, 5.41) is 14.5. The number of carbonyl (C=O) groups excluding carboxylic acids is 1. The molecular weight excluding hydrogens is 340 g/mol. The van der Waals surface area contributed by atoms with Crippen molar-refractivity contribution < 1.29 is 14.7 Å². The molecule has 0 spiro atoms. The molecule has 0 bridgehead atoms. The van der Waals surface area contributed by atoms with Crippen LogP contribution in [-0.2, 0) is 10.8 Å². The molecule has 0 radical (unpaired) electrons. The molecule has 0 unspecified atom stereocenters. The summed E-state index contributed by atoms with van der Waals surface area (Å²) in [5.74, 6) is -0.995. The number of amides is 2. The Labute approximate surface area is 159 Å². The highest BCUT2D eigenvalue weighted by Crippen LogP contribution is 2.46. The Morgan fingerprint density at radius 1 is 0.815 bits per heavy atom. The van der Waals surface area contributed by atoms with Crippen molar-refractivity contribution in [3.05, 3.63) is 59.2 Å². The molecule has 2 amide bonds. The van der Waals surface area contributed by atoms with E-state index in [0.29, 0.717) is 5.69 Å². The Kier molecular flexibility index (Phi) is 4.72. The van der Waals surface area contributed by atoms with E-state index >= 15 is 0 Å². The van der Waals surface area contributed by atoms with Crippen molar-refractivity contribution in [2.75, 3.05) is 10.6 Å². The molecule has 142 valence electrons. The molecule has 0 heterocycles. The Balaban J connectivity index is 1.76. The van der Waals surface area contributed by atoms with Gasteiger partial charge in [0.05, 0.1) is 5.56 Å². The number of hydrogen-bond donors (Lipinski definition) is 3. The predicted molar refractivity (Wildman–Crippen MR) is 108 cm³/mol. The minimum absolute atomic E-state index is 0.0751. The van der Waals surface area contributed by atoms with Crippen molar-refractivity contribution >= 4 is 23.4 Å². The molecule has 27 heavy (non-hydrogen) atoms. The van der Waals surface area contributed by atoms with Gasteiger partial charge in [-0.3, -0.25) is 0 Å². The lowest BCUT2D eigenvalue weighted by molar-refractivity contribution is 0.0697. The Morgan fingerprint density at radius 2 is 1.33 bits per heavy atom. The van der Waals surface area contributed by atoms with Crippen LogP contribution in [0.4, 0.5) is 16.2 Å². The van der Waals surface area contributed by atoms with E-state index in [1.807, 2.05) is 6.07 Å². The zero-order valence-corrected chi connectivity index (χ0v) is 16.2. The van der Waals surface area contributed by atoms with Gasteiger partial charge >= 0.3 is 12.0 Å². The van der Waals surface area contributed by atoms with E-state index in [-0.39, 0.29) is 22.4 Å². The molecule has 0 saturated heterocycles. The minimum atomic E-state index is -0.995. The average Bonchev–Trinajstić information content (AvgIpc) is 2.59. The monoisotopic (exact) mass is 366 g/mol. The van der Waals surface area contributed by atoms with Crippen LogP contribution >= 0.6 is 0 Å². The molecule has 0 aliphatic heterocycles. The summed E-state index contributed by atoms with van der Waals surface area (Å²) in [6.45, 7) is 9.02. The molecule has 0 saturated carbocycles. The summed E-state index contributed by atoms with van der Waals surface area (Å²) in [6, 6.07) is 11.8. The summed E-state index contributed by atoms with van der Waals surface area (Å²) in [7, 11) is 0. The van der Waals surface area contributed by atoms with Crippen molar-refractivity contribution in [3.8, 4) is 0 Å². The first-order valence-electron chi connectivity index (χ1n) is 9.15. The SMILES string of the molecule is CC1(C)CCC(C)(C)c2cc(NC(=O)Nc3ccc(C(=O)O)cc3)ccc21. The third-order valence-corrected chi connectivity index (χ3v) is 5.50. The van der Waals surface area contributed by atoms with Gasteiger partial charge in [0.25, 0.3) is 0 Å². The summed E-state index contributed by atoms with van der Waals surface area (Å²) in [5.41, 5.74) is 4.30. The van der Waals surface area contributed by atoms with Crippen LogP contribution in [0.2, 0.25) is 0 Å². The number of carbonyl (C=O) groups is 2. The lowest BCUT2D eigenvalue weighted by Crippen LogP contribution is -2.34. The van der Waals surface area contributed by atoms with E-state index < -0.39 is 5.97 Å². The van der Waals surface area contributed by atoms with Crippen LogP contribution in [0.3, 0.4) is 0 Å².